The second-order valence-electron chi connectivity index (χ2n) is 5.55. The Morgan fingerprint density at radius 3 is 1.73 bits per heavy atom. The van der Waals surface area contributed by atoms with Gasteiger partial charge in [-0.3, -0.25) is 0 Å². The first kappa shape index (κ1) is 14.9. The molecule has 92 valence electrons. The van der Waals surface area contributed by atoms with Crippen LogP contribution in [-0.2, 0) is 0 Å². The van der Waals surface area contributed by atoms with Crippen molar-refractivity contribution in [1.82, 2.24) is 5.32 Å². The predicted octanol–water partition coefficient (Wildman–Crippen LogP) is 2.81. The van der Waals surface area contributed by atoms with E-state index in [1.54, 1.807) is 0 Å². The van der Waals surface area contributed by atoms with Crippen molar-refractivity contribution in [1.29, 1.82) is 0 Å². The van der Waals surface area contributed by atoms with Crippen LogP contribution >= 0.6 is 0 Å². The Morgan fingerprint density at radius 2 is 1.40 bits per heavy atom. The van der Waals surface area contributed by atoms with Gasteiger partial charge in [-0.25, -0.2) is 0 Å². The molecule has 0 saturated carbocycles. The average Bonchev–Trinajstić information content (AvgIpc) is 2.00. The SMILES string of the molecule is CC(C)CC(CC(C)C)NCC[C@H](C)O. The molecule has 0 aliphatic rings. The van der Waals surface area contributed by atoms with Crippen LogP contribution in [0.2, 0.25) is 0 Å². The summed E-state index contributed by atoms with van der Waals surface area (Å²) in [5.74, 6) is 1.49. The van der Waals surface area contributed by atoms with Crippen molar-refractivity contribution >= 4 is 0 Å². The fourth-order valence-corrected chi connectivity index (χ4v) is 1.90. The van der Waals surface area contributed by atoms with Crippen LogP contribution < -0.4 is 5.32 Å². The van der Waals surface area contributed by atoms with Gasteiger partial charge in [-0.2, -0.15) is 0 Å². The maximum absolute atomic E-state index is 9.19. The van der Waals surface area contributed by atoms with Crippen molar-refractivity contribution in [3.05, 3.63) is 0 Å². The van der Waals surface area contributed by atoms with Crippen LogP contribution in [-0.4, -0.2) is 23.8 Å². The van der Waals surface area contributed by atoms with E-state index in [0.29, 0.717) is 6.04 Å². The number of hydrogen-bond donors (Lipinski definition) is 2. The molecule has 0 fully saturated rings. The van der Waals surface area contributed by atoms with E-state index in [9.17, 15) is 5.11 Å². The summed E-state index contributed by atoms with van der Waals surface area (Å²) in [4.78, 5) is 0. The molecule has 2 heteroatoms. The van der Waals surface area contributed by atoms with Crippen molar-refractivity contribution in [3.63, 3.8) is 0 Å². The first-order valence-electron chi connectivity index (χ1n) is 6.33. The normalized spacial score (nSPS) is 14.2. The number of hydrogen-bond acceptors (Lipinski definition) is 2. The molecular weight excluding hydrogens is 186 g/mol. The Balaban J connectivity index is 3.79. The quantitative estimate of drug-likeness (QED) is 0.652. The van der Waals surface area contributed by atoms with Crippen LogP contribution in [0.4, 0.5) is 0 Å². The predicted molar refractivity (Wildman–Crippen MR) is 67.0 cm³/mol. The third-order valence-corrected chi connectivity index (χ3v) is 2.51. The van der Waals surface area contributed by atoms with Gasteiger partial charge in [0.1, 0.15) is 0 Å². The Morgan fingerprint density at radius 1 is 0.933 bits per heavy atom. The Bertz CT molecular complexity index is 133. The highest BCUT2D eigenvalue weighted by molar-refractivity contribution is 4.70. The third-order valence-electron chi connectivity index (χ3n) is 2.51. The average molecular weight is 215 g/mol. The zero-order valence-corrected chi connectivity index (χ0v) is 11.1. The molecule has 2 N–H and O–H groups in total. The van der Waals surface area contributed by atoms with Crippen molar-refractivity contribution in [2.45, 2.75) is 66.0 Å². The molecular formula is C13H29NO. The topological polar surface area (TPSA) is 32.3 Å². The van der Waals surface area contributed by atoms with Crippen molar-refractivity contribution < 1.29 is 5.11 Å². The van der Waals surface area contributed by atoms with Crippen molar-refractivity contribution in [3.8, 4) is 0 Å². The molecule has 2 nitrogen and oxygen atoms in total. The van der Waals surface area contributed by atoms with Crippen molar-refractivity contribution in [2.75, 3.05) is 6.54 Å². The van der Waals surface area contributed by atoms with E-state index in [1.807, 2.05) is 6.92 Å². The van der Waals surface area contributed by atoms with Gasteiger partial charge in [0.05, 0.1) is 6.10 Å². The van der Waals surface area contributed by atoms with Gasteiger partial charge in [0.2, 0.25) is 0 Å². The van der Waals surface area contributed by atoms with E-state index in [1.165, 1.54) is 12.8 Å². The first-order valence-corrected chi connectivity index (χ1v) is 6.33. The lowest BCUT2D eigenvalue weighted by Gasteiger charge is -2.22. The molecule has 0 aromatic heterocycles. The Labute approximate surface area is 95.5 Å². The van der Waals surface area contributed by atoms with Gasteiger partial charge in [0.25, 0.3) is 0 Å². The molecule has 0 aliphatic heterocycles. The second-order valence-corrected chi connectivity index (χ2v) is 5.55. The van der Waals surface area contributed by atoms with E-state index in [4.69, 9.17) is 0 Å². The zero-order chi connectivity index (χ0) is 11.8. The maximum Gasteiger partial charge on any atom is 0.0524 e. The molecule has 0 saturated heterocycles. The minimum absolute atomic E-state index is 0.184. The zero-order valence-electron chi connectivity index (χ0n) is 11.1. The van der Waals surface area contributed by atoms with Crippen LogP contribution in [0.3, 0.4) is 0 Å². The summed E-state index contributed by atoms with van der Waals surface area (Å²) < 4.78 is 0. The van der Waals surface area contributed by atoms with Gasteiger partial charge in [-0.1, -0.05) is 27.7 Å². The van der Waals surface area contributed by atoms with Crippen molar-refractivity contribution in [2.24, 2.45) is 11.8 Å². The Kier molecular flexibility index (Phi) is 8.07. The fourth-order valence-electron chi connectivity index (χ4n) is 1.90. The van der Waals surface area contributed by atoms with Crippen LogP contribution in [0.1, 0.15) is 53.9 Å². The molecule has 0 aromatic carbocycles. The molecule has 0 aromatic rings. The summed E-state index contributed by atoms with van der Waals surface area (Å²) in [7, 11) is 0. The minimum atomic E-state index is -0.184. The van der Waals surface area contributed by atoms with Crippen LogP contribution in [0.5, 0.6) is 0 Å². The van der Waals surface area contributed by atoms with E-state index in [2.05, 4.69) is 33.0 Å². The van der Waals surface area contributed by atoms with E-state index in [0.717, 1.165) is 24.8 Å². The number of rotatable bonds is 8. The molecule has 0 rings (SSSR count). The van der Waals surface area contributed by atoms with E-state index >= 15 is 0 Å². The standard InChI is InChI=1S/C13H29NO/c1-10(2)8-13(9-11(3)4)14-7-6-12(5)15/h10-15H,6-9H2,1-5H3/t12-/m0/s1. The maximum atomic E-state index is 9.19. The summed E-state index contributed by atoms with van der Waals surface area (Å²) in [6.07, 6.45) is 3.14. The lowest BCUT2D eigenvalue weighted by molar-refractivity contribution is 0.180. The molecule has 0 amide bonds. The second kappa shape index (κ2) is 8.12. The van der Waals surface area contributed by atoms with E-state index in [-0.39, 0.29) is 6.10 Å². The summed E-state index contributed by atoms with van der Waals surface area (Å²) in [6.45, 7) is 11.9. The molecule has 0 spiro atoms. The molecule has 0 heterocycles. The summed E-state index contributed by atoms with van der Waals surface area (Å²) in [5, 5.41) is 12.7. The monoisotopic (exact) mass is 215 g/mol. The number of aliphatic hydroxyl groups is 1. The first-order chi connectivity index (χ1) is 6.91. The smallest absolute Gasteiger partial charge is 0.0524 e. The van der Waals surface area contributed by atoms with E-state index < -0.39 is 0 Å². The molecule has 15 heavy (non-hydrogen) atoms. The highest BCUT2D eigenvalue weighted by Crippen LogP contribution is 2.13. The number of aliphatic hydroxyl groups excluding tert-OH is 1. The van der Waals surface area contributed by atoms with Gasteiger partial charge >= 0.3 is 0 Å². The third kappa shape index (κ3) is 10.2. The van der Waals surface area contributed by atoms with Gasteiger partial charge in [0, 0.05) is 6.04 Å². The highest BCUT2D eigenvalue weighted by atomic mass is 16.3. The summed E-state index contributed by atoms with van der Waals surface area (Å²) in [5.41, 5.74) is 0. The van der Waals surface area contributed by atoms with Crippen LogP contribution in [0, 0.1) is 11.8 Å². The number of nitrogens with one attached hydrogen (secondary N) is 1. The highest BCUT2D eigenvalue weighted by Gasteiger charge is 2.12. The largest absolute Gasteiger partial charge is 0.393 e. The molecule has 1 atom stereocenters. The molecule has 0 aliphatic carbocycles. The summed E-state index contributed by atoms with van der Waals surface area (Å²) in [6, 6.07) is 0.615. The lowest BCUT2D eigenvalue weighted by Crippen LogP contribution is -2.33. The van der Waals surface area contributed by atoms with Crippen LogP contribution in [0.15, 0.2) is 0 Å². The Hall–Kier alpha value is -0.0800. The van der Waals surface area contributed by atoms with Gasteiger partial charge in [-0.15, -0.1) is 0 Å². The van der Waals surface area contributed by atoms with Gasteiger partial charge in [0.15, 0.2) is 0 Å². The fraction of sp³-hybridized carbons (Fsp3) is 1.00. The molecule has 0 unspecified atom stereocenters. The molecule has 0 radical (unpaired) electrons. The lowest BCUT2D eigenvalue weighted by atomic mass is 9.95. The minimum Gasteiger partial charge on any atom is -0.393 e. The summed E-state index contributed by atoms with van der Waals surface area (Å²) >= 11 is 0. The van der Waals surface area contributed by atoms with Gasteiger partial charge in [-0.05, 0) is 44.6 Å². The van der Waals surface area contributed by atoms with Crippen LogP contribution in [0.25, 0.3) is 0 Å². The van der Waals surface area contributed by atoms with Gasteiger partial charge < -0.3 is 10.4 Å². The molecule has 0 bridgehead atoms.